The van der Waals surface area contributed by atoms with Crippen LogP contribution < -0.4 is 11.1 Å². The van der Waals surface area contributed by atoms with Gasteiger partial charge in [-0.2, -0.15) is 16.9 Å². The fourth-order valence-electron chi connectivity index (χ4n) is 0.869. The van der Waals surface area contributed by atoms with Gasteiger partial charge in [0.25, 0.3) is 5.91 Å². The SMILES string of the molecule is CSC(C)CNC(=O)c1cc(N)n[nH]1. The van der Waals surface area contributed by atoms with Crippen LogP contribution in [0.1, 0.15) is 17.4 Å². The van der Waals surface area contributed by atoms with Crippen molar-refractivity contribution in [2.45, 2.75) is 12.2 Å². The van der Waals surface area contributed by atoms with E-state index in [1.165, 1.54) is 6.07 Å². The standard InChI is InChI=1S/C8H14N4OS/c1-5(14-2)4-10-8(13)6-3-7(9)12-11-6/h3,5H,4H2,1-2H3,(H,10,13)(H3,9,11,12). The number of nitrogens with zero attached hydrogens (tertiary/aromatic N) is 1. The van der Waals surface area contributed by atoms with E-state index in [9.17, 15) is 4.79 Å². The van der Waals surface area contributed by atoms with Gasteiger partial charge in [0, 0.05) is 17.9 Å². The third kappa shape index (κ3) is 2.95. The zero-order valence-electron chi connectivity index (χ0n) is 8.20. The minimum Gasteiger partial charge on any atom is -0.382 e. The van der Waals surface area contributed by atoms with E-state index in [0.717, 1.165) is 0 Å². The molecule has 0 radical (unpaired) electrons. The lowest BCUT2D eigenvalue weighted by Gasteiger charge is -2.08. The van der Waals surface area contributed by atoms with Gasteiger partial charge in [-0.3, -0.25) is 9.89 Å². The maximum absolute atomic E-state index is 11.4. The van der Waals surface area contributed by atoms with Crippen molar-refractivity contribution in [2.24, 2.45) is 0 Å². The minimum absolute atomic E-state index is 0.171. The van der Waals surface area contributed by atoms with Gasteiger partial charge in [0.1, 0.15) is 11.5 Å². The van der Waals surface area contributed by atoms with Crippen molar-refractivity contribution in [3.8, 4) is 0 Å². The largest absolute Gasteiger partial charge is 0.382 e. The minimum atomic E-state index is -0.171. The zero-order chi connectivity index (χ0) is 10.6. The first-order chi connectivity index (χ1) is 6.63. The number of H-pyrrole nitrogens is 1. The average Bonchev–Trinajstić information content (AvgIpc) is 2.60. The van der Waals surface area contributed by atoms with E-state index in [2.05, 4.69) is 15.5 Å². The van der Waals surface area contributed by atoms with Crippen molar-refractivity contribution in [1.82, 2.24) is 15.5 Å². The monoisotopic (exact) mass is 214 g/mol. The number of carbonyl (C=O) groups excluding carboxylic acids is 1. The quantitative estimate of drug-likeness (QED) is 0.680. The summed E-state index contributed by atoms with van der Waals surface area (Å²) in [6, 6.07) is 1.51. The van der Waals surface area contributed by atoms with Crippen LogP contribution in [-0.2, 0) is 0 Å². The Balaban J connectivity index is 2.43. The van der Waals surface area contributed by atoms with E-state index in [4.69, 9.17) is 5.73 Å². The molecule has 78 valence electrons. The molecule has 0 aliphatic carbocycles. The van der Waals surface area contributed by atoms with Crippen molar-refractivity contribution >= 4 is 23.5 Å². The van der Waals surface area contributed by atoms with Gasteiger partial charge in [-0.25, -0.2) is 0 Å². The molecule has 0 aliphatic rings. The molecule has 0 saturated heterocycles. The predicted octanol–water partition coefficient (Wildman–Crippen LogP) is 0.473. The first kappa shape index (κ1) is 10.9. The van der Waals surface area contributed by atoms with Crippen LogP contribution in [0, 0.1) is 0 Å². The second kappa shape index (κ2) is 4.90. The molecule has 6 heteroatoms. The summed E-state index contributed by atoms with van der Waals surface area (Å²) < 4.78 is 0. The molecule has 0 saturated carbocycles. The number of thioether (sulfide) groups is 1. The molecule has 1 atom stereocenters. The van der Waals surface area contributed by atoms with Crippen molar-refractivity contribution in [2.75, 3.05) is 18.5 Å². The molecule has 1 rings (SSSR count). The number of amides is 1. The molecule has 1 heterocycles. The molecule has 0 fully saturated rings. The lowest BCUT2D eigenvalue weighted by atomic mass is 10.4. The fourth-order valence-corrected chi connectivity index (χ4v) is 1.12. The van der Waals surface area contributed by atoms with Gasteiger partial charge in [0.15, 0.2) is 0 Å². The van der Waals surface area contributed by atoms with Gasteiger partial charge in [0.2, 0.25) is 0 Å². The van der Waals surface area contributed by atoms with Gasteiger partial charge >= 0.3 is 0 Å². The second-order valence-electron chi connectivity index (χ2n) is 2.96. The molecule has 1 aromatic rings. The van der Waals surface area contributed by atoms with Crippen LogP contribution in [0.25, 0.3) is 0 Å². The Morgan fingerprint density at radius 1 is 1.86 bits per heavy atom. The van der Waals surface area contributed by atoms with Crippen molar-refractivity contribution in [3.63, 3.8) is 0 Å². The number of hydrogen-bond donors (Lipinski definition) is 3. The normalized spacial score (nSPS) is 12.4. The Kier molecular flexibility index (Phi) is 3.82. The van der Waals surface area contributed by atoms with E-state index in [1.807, 2.05) is 13.2 Å². The number of rotatable bonds is 4. The van der Waals surface area contributed by atoms with E-state index < -0.39 is 0 Å². The van der Waals surface area contributed by atoms with E-state index in [1.54, 1.807) is 11.8 Å². The van der Waals surface area contributed by atoms with Gasteiger partial charge in [0.05, 0.1) is 0 Å². The molecule has 1 unspecified atom stereocenters. The van der Waals surface area contributed by atoms with E-state index in [0.29, 0.717) is 23.3 Å². The summed E-state index contributed by atoms with van der Waals surface area (Å²) in [4.78, 5) is 11.4. The number of nitrogens with one attached hydrogen (secondary N) is 2. The number of nitrogen functional groups attached to an aromatic ring is 1. The summed E-state index contributed by atoms with van der Waals surface area (Å²) in [5.74, 6) is 0.156. The summed E-state index contributed by atoms with van der Waals surface area (Å²) in [7, 11) is 0. The van der Waals surface area contributed by atoms with Crippen molar-refractivity contribution < 1.29 is 4.79 Å². The van der Waals surface area contributed by atoms with E-state index >= 15 is 0 Å². The molecule has 0 aromatic carbocycles. The number of aromatic nitrogens is 2. The molecule has 0 bridgehead atoms. The van der Waals surface area contributed by atoms with Crippen LogP contribution in [0.3, 0.4) is 0 Å². The Morgan fingerprint density at radius 2 is 2.57 bits per heavy atom. The Bertz CT molecular complexity index is 312. The Labute approximate surface area is 86.8 Å². The van der Waals surface area contributed by atoms with Crippen LogP contribution in [-0.4, -0.2) is 34.2 Å². The maximum atomic E-state index is 11.4. The topological polar surface area (TPSA) is 83.8 Å². The van der Waals surface area contributed by atoms with Crippen molar-refractivity contribution in [1.29, 1.82) is 0 Å². The summed E-state index contributed by atoms with van der Waals surface area (Å²) in [5.41, 5.74) is 5.77. The van der Waals surface area contributed by atoms with Crippen LogP contribution in [0.4, 0.5) is 5.82 Å². The fraction of sp³-hybridized carbons (Fsp3) is 0.500. The highest BCUT2D eigenvalue weighted by Crippen LogP contribution is 2.04. The highest BCUT2D eigenvalue weighted by atomic mass is 32.2. The predicted molar refractivity (Wildman–Crippen MR) is 58.3 cm³/mol. The summed E-state index contributed by atoms with van der Waals surface area (Å²) in [6.45, 7) is 2.69. The molecule has 0 spiro atoms. The second-order valence-corrected chi connectivity index (χ2v) is 4.24. The summed E-state index contributed by atoms with van der Waals surface area (Å²) in [5, 5.41) is 9.40. The third-order valence-corrected chi connectivity index (χ3v) is 2.77. The molecule has 0 aliphatic heterocycles. The highest BCUT2D eigenvalue weighted by molar-refractivity contribution is 7.99. The molecule has 1 amide bonds. The number of nitrogens with two attached hydrogens (primary N) is 1. The zero-order valence-corrected chi connectivity index (χ0v) is 9.02. The van der Waals surface area contributed by atoms with Crippen LogP contribution in [0.5, 0.6) is 0 Å². The number of aromatic amines is 1. The Hall–Kier alpha value is -1.17. The van der Waals surface area contributed by atoms with Gasteiger partial charge in [-0.05, 0) is 6.26 Å². The molecule has 1 aromatic heterocycles. The lowest BCUT2D eigenvalue weighted by Crippen LogP contribution is -2.29. The molecular weight excluding hydrogens is 200 g/mol. The van der Waals surface area contributed by atoms with Gasteiger partial charge in [-0.1, -0.05) is 6.92 Å². The Morgan fingerprint density at radius 3 is 3.07 bits per heavy atom. The van der Waals surface area contributed by atoms with Crippen LogP contribution in [0.15, 0.2) is 6.07 Å². The first-order valence-electron chi connectivity index (χ1n) is 4.25. The van der Waals surface area contributed by atoms with E-state index in [-0.39, 0.29) is 5.91 Å². The third-order valence-electron chi connectivity index (χ3n) is 1.79. The number of hydrogen-bond acceptors (Lipinski definition) is 4. The van der Waals surface area contributed by atoms with Crippen molar-refractivity contribution in [3.05, 3.63) is 11.8 Å². The summed E-state index contributed by atoms with van der Waals surface area (Å²) in [6.07, 6.45) is 2.00. The molecule has 4 N–H and O–H groups in total. The number of carbonyl (C=O) groups is 1. The van der Waals surface area contributed by atoms with Crippen LogP contribution >= 0.6 is 11.8 Å². The maximum Gasteiger partial charge on any atom is 0.269 e. The smallest absolute Gasteiger partial charge is 0.269 e. The number of anilines is 1. The first-order valence-corrected chi connectivity index (χ1v) is 5.54. The van der Waals surface area contributed by atoms with Gasteiger partial charge < -0.3 is 11.1 Å². The average molecular weight is 214 g/mol. The van der Waals surface area contributed by atoms with Crippen LogP contribution in [0.2, 0.25) is 0 Å². The lowest BCUT2D eigenvalue weighted by molar-refractivity contribution is 0.0949. The molecule has 14 heavy (non-hydrogen) atoms. The molecule has 5 nitrogen and oxygen atoms in total. The molecular formula is C8H14N4OS. The van der Waals surface area contributed by atoms with Gasteiger partial charge in [-0.15, -0.1) is 0 Å². The summed E-state index contributed by atoms with van der Waals surface area (Å²) >= 11 is 1.70. The highest BCUT2D eigenvalue weighted by Gasteiger charge is 2.09.